The molecule has 1 aromatic carbocycles. The van der Waals surface area contributed by atoms with E-state index in [4.69, 9.17) is 9.85 Å². The van der Waals surface area contributed by atoms with Crippen molar-refractivity contribution in [3.05, 3.63) is 53.5 Å². The number of hydrogen-bond acceptors (Lipinski definition) is 7. The first-order valence-electron chi connectivity index (χ1n) is 9.78. The van der Waals surface area contributed by atoms with Gasteiger partial charge in [0.15, 0.2) is 11.0 Å². The van der Waals surface area contributed by atoms with E-state index < -0.39 is 18.7 Å². The van der Waals surface area contributed by atoms with Crippen molar-refractivity contribution in [2.24, 2.45) is 10.7 Å². The number of rotatable bonds is 5. The molecule has 2 aromatic rings. The molecule has 2 heterocycles. The predicted molar refractivity (Wildman–Crippen MR) is 104 cm³/mol. The molecule has 8 heteroatoms. The van der Waals surface area contributed by atoms with E-state index in [2.05, 4.69) is 19.7 Å². The third kappa shape index (κ3) is 3.95. The molecule has 0 radical (unpaired) electrons. The van der Waals surface area contributed by atoms with Crippen molar-refractivity contribution in [3.8, 4) is 5.88 Å². The van der Waals surface area contributed by atoms with E-state index in [0.717, 1.165) is 12.4 Å². The molecular weight excluding hydrogens is 367 g/mol. The van der Waals surface area contributed by atoms with Crippen LogP contribution in [0.15, 0.2) is 41.7 Å². The molecule has 0 bridgehead atoms. The molecule has 3 atom stereocenters. The number of halogens is 1. The Balaban J connectivity index is 1.78. The number of thioether (sulfide) groups is 1. The van der Waals surface area contributed by atoms with Gasteiger partial charge in [0.1, 0.15) is 17.4 Å². The number of carbonyl (C=O) groups excluding carboxylic acids is 1. The number of nitrogens with zero attached hydrogens (tertiary/aromatic N) is 3. The van der Waals surface area contributed by atoms with Crippen molar-refractivity contribution in [3.63, 3.8) is 0 Å². The van der Waals surface area contributed by atoms with Gasteiger partial charge in [-0.2, -0.15) is 0 Å². The lowest BCUT2D eigenvalue weighted by molar-refractivity contribution is 0.0987. The number of benzene rings is 1. The quantitative estimate of drug-likeness (QED) is 0.788. The van der Waals surface area contributed by atoms with Crippen molar-refractivity contribution >= 4 is 22.7 Å². The van der Waals surface area contributed by atoms with Gasteiger partial charge < -0.3 is 10.5 Å². The summed E-state index contributed by atoms with van der Waals surface area (Å²) in [5.41, 5.74) is 6.10. The van der Waals surface area contributed by atoms with E-state index >= 15 is 0 Å². The Hall–Kier alpha value is -2.48. The highest BCUT2D eigenvalue weighted by molar-refractivity contribution is 8.14. The van der Waals surface area contributed by atoms with Gasteiger partial charge in [0.05, 0.1) is 23.5 Å². The lowest BCUT2D eigenvalue weighted by Gasteiger charge is -2.37. The lowest BCUT2D eigenvalue weighted by atomic mass is 9.85. The summed E-state index contributed by atoms with van der Waals surface area (Å²) in [6.07, 6.45) is 1.02. The molecule has 0 amide bonds. The summed E-state index contributed by atoms with van der Waals surface area (Å²) in [5.74, 6) is -0.521. The first kappa shape index (κ1) is 15.6. The number of ketones is 1. The van der Waals surface area contributed by atoms with Crippen LogP contribution in [0.2, 0.25) is 0 Å². The molecule has 0 saturated carbocycles. The third-order valence-corrected chi connectivity index (χ3v) is 5.44. The summed E-state index contributed by atoms with van der Waals surface area (Å²) in [6.45, 7) is 3.46. The van der Waals surface area contributed by atoms with E-state index in [1.807, 2.05) is 0 Å². The SMILES string of the molecule is [2H]C([2H])([2H])Oc1cnc(C(=O)Cc2cccc([C@@]3(C)N=C(N)S[C@H](C)[C@@H]3F)c2)cn1. The summed E-state index contributed by atoms with van der Waals surface area (Å²) in [5, 5.41) is -0.0151. The Morgan fingerprint density at radius 2 is 2.26 bits per heavy atom. The average molecular weight is 391 g/mol. The van der Waals surface area contributed by atoms with Crippen LogP contribution >= 0.6 is 11.8 Å². The van der Waals surface area contributed by atoms with E-state index in [9.17, 15) is 9.18 Å². The Labute approximate surface area is 165 Å². The second-order valence-corrected chi connectivity index (χ2v) is 7.86. The van der Waals surface area contributed by atoms with Crippen LogP contribution in [-0.2, 0) is 12.0 Å². The zero-order valence-electron chi connectivity index (χ0n) is 17.8. The second-order valence-electron chi connectivity index (χ2n) is 6.46. The number of methoxy groups -OCH3 is 1. The Morgan fingerprint density at radius 1 is 1.44 bits per heavy atom. The fourth-order valence-corrected chi connectivity index (χ4v) is 4.04. The number of aromatic nitrogens is 2. The molecule has 27 heavy (non-hydrogen) atoms. The maximum atomic E-state index is 15.0. The highest BCUT2D eigenvalue weighted by Crippen LogP contribution is 2.41. The standard InChI is InChI=1S/C19H21FN4O2S/c1-11-17(20)19(2,24-18(21)27-11)13-6-4-5-12(7-13)8-15(25)14-9-23-16(26-3)10-22-14/h4-7,9-11,17H,8H2,1-3H3,(H2,21,24)/t11-,17+,19-/m1/s1/i3D3. The fourth-order valence-electron chi connectivity index (χ4n) is 3.03. The topological polar surface area (TPSA) is 90.5 Å². The average Bonchev–Trinajstić information content (AvgIpc) is 2.65. The van der Waals surface area contributed by atoms with Crippen LogP contribution < -0.4 is 10.5 Å². The molecule has 1 aliphatic heterocycles. The van der Waals surface area contributed by atoms with Crippen LogP contribution in [0.5, 0.6) is 5.88 Å². The van der Waals surface area contributed by atoms with Crippen LogP contribution in [-0.4, -0.2) is 39.4 Å². The Morgan fingerprint density at radius 3 is 2.96 bits per heavy atom. The van der Waals surface area contributed by atoms with Crippen molar-refractivity contribution in [2.45, 2.75) is 37.2 Å². The monoisotopic (exact) mass is 391 g/mol. The number of amidine groups is 1. The maximum absolute atomic E-state index is 15.0. The van der Waals surface area contributed by atoms with Gasteiger partial charge in [-0.3, -0.25) is 4.79 Å². The first-order chi connectivity index (χ1) is 14.0. The van der Waals surface area contributed by atoms with Gasteiger partial charge in [-0.05, 0) is 25.0 Å². The molecule has 0 spiro atoms. The molecule has 1 aromatic heterocycles. The van der Waals surface area contributed by atoms with Crippen LogP contribution in [0.4, 0.5) is 4.39 Å². The lowest BCUT2D eigenvalue weighted by Crippen LogP contribution is -2.43. The number of Topliss-reactive ketones (excluding diaryl/α,β-unsaturated/α-hetero) is 1. The largest absolute Gasteiger partial charge is 0.480 e. The van der Waals surface area contributed by atoms with Crippen molar-refractivity contribution < 1.29 is 18.0 Å². The molecule has 2 N–H and O–H groups in total. The zero-order chi connectivity index (χ0) is 22.1. The summed E-state index contributed by atoms with van der Waals surface area (Å²) in [6, 6.07) is 7.00. The molecule has 6 nitrogen and oxygen atoms in total. The highest BCUT2D eigenvalue weighted by atomic mass is 32.2. The normalized spacial score (nSPS) is 27.1. The number of alkyl halides is 1. The number of ether oxygens (including phenoxy) is 1. The van der Waals surface area contributed by atoms with E-state index in [1.54, 1.807) is 38.1 Å². The molecule has 1 aliphatic rings. The van der Waals surface area contributed by atoms with Crippen molar-refractivity contribution in [1.82, 2.24) is 9.97 Å². The Bertz CT molecular complexity index is 971. The van der Waals surface area contributed by atoms with Crippen LogP contribution in [0.25, 0.3) is 0 Å². The Kier molecular flexibility index (Phi) is 4.40. The fraction of sp³-hybridized carbons (Fsp3) is 0.368. The van der Waals surface area contributed by atoms with Crippen molar-refractivity contribution in [2.75, 3.05) is 7.04 Å². The van der Waals surface area contributed by atoms with E-state index in [-0.39, 0.29) is 29.0 Å². The van der Waals surface area contributed by atoms with Crippen LogP contribution in [0, 0.1) is 0 Å². The number of aliphatic imine (C=N–C) groups is 1. The maximum Gasteiger partial charge on any atom is 0.232 e. The second kappa shape index (κ2) is 7.64. The molecule has 0 unspecified atom stereocenters. The summed E-state index contributed by atoms with van der Waals surface area (Å²) in [7, 11) is -2.65. The van der Waals surface area contributed by atoms with E-state index in [0.29, 0.717) is 16.3 Å². The summed E-state index contributed by atoms with van der Waals surface area (Å²) >= 11 is 1.20. The minimum absolute atomic E-state index is 0.0124. The molecule has 0 fully saturated rings. The zero-order valence-corrected chi connectivity index (χ0v) is 15.7. The van der Waals surface area contributed by atoms with Gasteiger partial charge in [-0.15, -0.1) is 0 Å². The molecule has 142 valence electrons. The van der Waals surface area contributed by atoms with Gasteiger partial charge in [-0.1, -0.05) is 36.0 Å². The number of nitrogens with two attached hydrogens (primary N) is 1. The minimum Gasteiger partial charge on any atom is -0.480 e. The molecule has 3 rings (SSSR count). The summed E-state index contributed by atoms with van der Waals surface area (Å²) in [4.78, 5) is 24.7. The molecular formula is C19H21FN4O2S. The van der Waals surface area contributed by atoms with Gasteiger partial charge in [0.25, 0.3) is 0 Å². The van der Waals surface area contributed by atoms with Gasteiger partial charge in [0, 0.05) is 11.7 Å². The minimum atomic E-state index is -2.65. The number of carbonyl (C=O) groups is 1. The highest BCUT2D eigenvalue weighted by Gasteiger charge is 2.43. The third-order valence-electron chi connectivity index (χ3n) is 4.49. The van der Waals surface area contributed by atoms with Gasteiger partial charge in [0.2, 0.25) is 5.88 Å². The smallest absolute Gasteiger partial charge is 0.232 e. The van der Waals surface area contributed by atoms with E-state index in [1.165, 1.54) is 11.8 Å². The molecule has 0 saturated heterocycles. The summed E-state index contributed by atoms with van der Waals surface area (Å²) < 4.78 is 40.8. The van der Waals surface area contributed by atoms with Gasteiger partial charge >= 0.3 is 0 Å². The van der Waals surface area contributed by atoms with Crippen LogP contribution in [0.3, 0.4) is 0 Å². The predicted octanol–water partition coefficient (Wildman–Crippen LogP) is 2.91. The number of hydrogen-bond donors (Lipinski definition) is 1. The van der Waals surface area contributed by atoms with Crippen LogP contribution in [0.1, 0.15) is 39.6 Å². The van der Waals surface area contributed by atoms with Crippen molar-refractivity contribution in [1.29, 1.82) is 0 Å². The molecule has 0 aliphatic carbocycles. The van der Waals surface area contributed by atoms with Gasteiger partial charge in [-0.25, -0.2) is 19.4 Å². The first-order valence-corrected chi connectivity index (χ1v) is 9.15.